The molecule has 4 nitrogen and oxygen atoms in total. The first-order valence-electron chi connectivity index (χ1n) is 6.16. The van der Waals surface area contributed by atoms with Crippen LogP contribution in [0.4, 0.5) is 0 Å². The SMILES string of the molecule is CC1CCN(C(=O)Cc2ccccc2)C1C(=O)O. The zero-order valence-corrected chi connectivity index (χ0v) is 10.4. The fourth-order valence-electron chi connectivity index (χ4n) is 2.48. The van der Waals surface area contributed by atoms with E-state index in [2.05, 4.69) is 0 Å². The Kier molecular flexibility index (Phi) is 3.65. The Balaban J connectivity index is 2.07. The van der Waals surface area contributed by atoms with E-state index in [0.717, 1.165) is 12.0 Å². The predicted molar refractivity (Wildman–Crippen MR) is 67.1 cm³/mol. The minimum absolute atomic E-state index is 0.0298. The second-order valence-corrected chi connectivity index (χ2v) is 4.80. The molecule has 0 aromatic heterocycles. The Bertz CT molecular complexity index is 444. The maximum Gasteiger partial charge on any atom is 0.326 e. The molecule has 1 heterocycles. The monoisotopic (exact) mass is 247 g/mol. The maximum atomic E-state index is 12.1. The number of likely N-dealkylation sites (tertiary alicyclic amines) is 1. The molecule has 0 saturated carbocycles. The molecule has 18 heavy (non-hydrogen) atoms. The Labute approximate surface area is 106 Å². The molecule has 0 bridgehead atoms. The lowest BCUT2D eigenvalue weighted by atomic mass is 10.0. The van der Waals surface area contributed by atoms with E-state index >= 15 is 0 Å². The molecule has 1 aliphatic rings. The second-order valence-electron chi connectivity index (χ2n) is 4.80. The van der Waals surface area contributed by atoms with Crippen LogP contribution < -0.4 is 0 Å². The molecule has 2 rings (SSSR count). The Morgan fingerprint density at radius 1 is 1.33 bits per heavy atom. The minimum Gasteiger partial charge on any atom is -0.480 e. The number of nitrogens with zero attached hydrogens (tertiary/aromatic N) is 1. The van der Waals surface area contributed by atoms with Crippen molar-refractivity contribution in [1.82, 2.24) is 4.90 Å². The van der Waals surface area contributed by atoms with Crippen molar-refractivity contribution in [3.8, 4) is 0 Å². The summed E-state index contributed by atoms with van der Waals surface area (Å²) in [5.41, 5.74) is 0.922. The van der Waals surface area contributed by atoms with Crippen molar-refractivity contribution in [2.45, 2.75) is 25.8 Å². The normalized spacial score (nSPS) is 23.1. The van der Waals surface area contributed by atoms with Crippen LogP contribution in [0.5, 0.6) is 0 Å². The van der Waals surface area contributed by atoms with E-state index in [9.17, 15) is 14.7 Å². The van der Waals surface area contributed by atoms with Gasteiger partial charge in [-0.15, -0.1) is 0 Å². The van der Waals surface area contributed by atoms with Gasteiger partial charge in [-0.3, -0.25) is 4.79 Å². The Morgan fingerprint density at radius 2 is 2.00 bits per heavy atom. The molecule has 0 radical (unpaired) electrons. The lowest BCUT2D eigenvalue weighted by Gasteiger charge is -2.23. The number of carboxylic acid groups (broad SMARTS) is 1. The van der Waals surface area contributed by atoms with E-state index in [1.165, 1.54) is 4.90 Å². The highest BCUT2D eigenvalue weighted by molar-refractivity contribution is 5.85. The Hall–Kier alpha value is -1.84. The van der Waals surface area contributed by atoms with E-state index in [4.69, 9.17) is 0 Å². The standard InChI is InChI=1S/C14H17NO3/c1-10-7-8-15(13(10)14(17)18)12(16)9-11-5-3-2-4-6-11/h2-6,10,13H,7-9H2,1H3,(H,17,18). The van der Waals surface area contributed by atoms with Crippen LogP contribution in [0.25, 0.3) is 0 Å². The summed E-state index contributed by atoms with van der Waals surface area (Å²) in [6, 6.07) is 8.75. The number of hydrogen-bond donors (Lipinski definition) is 1. The summed E-state index contributed by atoms with van der Waals surface area (Å²) >= 11 is 0. The summed E-state index contributed by atoms with van der Waals surface area (Å²) in [4.78, 5) is 24.8. The van der Waals surface area contributed by atoms with Gasteiger partial charge in [-0.1, -0.05) is 37.3 Å². The van der Waals surface area contributed by atoms with E-state index in [1.54, 1.807) is 0 Å². The van der Waals surface area contributed by atoms with Crippen LogP contribution in [-0.2, 0) is 16.0 Å². The van der Waals surface area contributed by atoms with E-state index in [-0.39, 0.29) is 18.2 Å². The van der Waals surface area contributed by atoms with Gasteiger partial charge in [-0.25, -0.2) is 4.79 Å². The highest BCUT2D eigenvalue weighted by Crippen LogP contribution is 2.24. The molecule has 1 N–H and O–H groups in total. The quantitative estimate of drug-likeness (QED) is 0.881. The molecule has 2 atom stereocenters. The van der Waals surface area contributed by atoms with E-state index in [0.29, 0.717) is 6.54 Å². The van der Waals surface area contributed by atoms with Crippen LogP contribution in [0.15, 0.2) is 30.3 Å². The van der Waals surface area contributed by atoms with Gasteiger partial charge >= 0.3 is 5.97 Å². The van der Waals surface area contributed by atoms with Crippen LogP contribution >= 0.6 is 0 Å². The lowest BCUT2D eigenvalue weighted by molar-refractivity contribution is -0.149. The molecule has 96 valence electrons. The van der Waals surface area contributed by atoms with Crippen LogP contribution in [0.2, 0.25) is 0 Å². The molecular weight excluding hydrogens is 230 g/mol. The van der Waals surface area contributed by atoms with Gasteiger partial charge in [0.15, 0.2) is 0 Å². The molecule has 2 unspecified atom stereocenters. The van der Waals surface area contributed by atoms with Crippen molar-refractivity contribution in [2.24, 2.45) is 5.92 Å². The van der Waals surface area contributed by atoms with Crippen LogP contribution in [0.1, 0.15) is 18.9 Å². The van der Waals surface area contributed by atoms with Gasteiger partial charge in [0.2, 0.25) is 5.91 Å². The number of rotatable bonds is 3. The molecule has 0 aliphatic carbocycles. The highest BCUT2D eigenvalue weighted by Gasteiger charge is 2.39. The van der Waals surface area contributed by atoms with Gasteiger partial charge in [-0.05, 0) is 17.9 Å². The average Bonchev–Trinajstić information content (AvgIpc) is 2.72. The van der Waals surface area contributed by atoms with Crippen LogP contribution in [-0.4, -0.2) is 34.5 Å². The molecule has 1 saturated heterocycles. The number of carboxylic acids is 1. The van der Waals surface area contributed by atoms with Gasteiger partial charge in [0, 0.05) is 6.54 Å². The fraction of sp³-hybridized carbons (Fsp3) is 0.429. The molecular formula is C14H17NO3. The van der Waals surface area contributed by atoms with Gasteiger partial charge in [0.1, 0.15) is 6.04 Å². The second kappa shape index (κ2) is 5.21. The minimum atomic E-state index is -0.901. The zero-order valence-electron chi connectivity index (χ0n) is 10.4. The summed E-state index contributed by atoms with van der Waals surface area (Å²) in [6.45, 7) is 2.43. The van der Waals surface area contributed by atoms with Gasteiger partial charge in [0.05, 0.1) is 6.42 Å². The fourth-order valence-corrected chi connectivity index (χ4v) is 2.48. The number of aliphatic carboxylic acids is 1. The topological polar surface area (TPSA) is 57.6 Å². The van der Waals surface area contributed by atoms with Crippen LogP contribution in [0.3, 0.4) is 0 Å². The van der Waals surface area contributed by atoms with E-state index < -0.39 is 12.0 Å². The summed E-state index contributed by atoms with van der Waals surface area (Å²) in [5.74, 6) is -0.971. The number of carbonyl (C=O) groups is 2. The third-order valence-corrected chi connectivity index (χ3v) is 3.47. The van der Waals surface area contributed by atoms with E-state index in [1.807, 2.05) is 37.3 Å². The van der Waals surface area contributed by atoms with Crippen molar-refractivity contribution in [3.63, 3.8) is 0 Å². The zero-order chi connectivity index (χ0) is 13.1. The van der Waals surface area contributed by atoms with Crippen molar-refractivity contribution in [3.05, 3.63) is 35.9 Å². The third kappa shape index (κ3) is 2.53. The molecule has 4 heteroatoms. The summed E-state index contributed by atoms with van der Waals surface area (Å²) in [5, 5.41) is 9.18. The first-order valence-corrected chi connectivity index (χ1v) is 6.16. The van der Waals surface area contributed by atoms with Gasteiger partial charge < -0.3 is 10.0 Å². The summed E-state index contributed by atoms with van der Waals surface area (Å²) in [6.07, 6.45) is 1.04. The molecule has 1 fully saturated rings. The third-order valence-electron chi connectivity index (χ3n) is 3.47. The Morgan fingerprint density at radius 3 is 2.61 bits per heavy atom. The molecule has 1 aromatic rings. The van der Waals surface area contributed by atoms with Gasteiger partial charge in [-0.2, -0.15) is 0 Å². The smallest absolute Gasteiger partial charge is 0.326 e. The first kappa shape index (κ1) is 12.6. The average molecular weight is 247 g/mol. The van der Waals surface area contributed by atoms with Gasteiger partial charge in [0.25, 0.3) is 0 Å². The molecule has 1 aromatic carbocycles. The lowest BCUT2D eigenvalue weighted by Crippen LogP contribution is -2.43. The number of carbonyl (C=O) groups excluding carboxylic acids is 1. The van der Waals surface area contributed by atoms with Crippen molar-refractivity contribution in [1.29, 1.82) is 0 Å². The summed E-state index contributed by atoms with van der Waals surface area (Å²) in [7, 11) is 0. The summed E-state index contributed by atoms with van der Waals surface area (Å²) < 4.78 is 0. The van der Waals surface area contributed by atoms with Crippen molar-refractivity contribution in [2.75, 3.05) is 6.54 Å². The first-order chi connectivity index (χ1) is 8.59. The number of benzene rings is 1. The molecule has 0 spiro atoms. The van der Waals surface area contributed by atoms with Crippen molar-refractivity contribution >= 4 is 11.9 Å². The molecule has 1 amide bonds. The largest absolute Gasteiger partial charge is 0.480 e. The van der Waals surface area contributed by atoms with Crippen LogP contribution in [0, 0.1) is 5.92 Å². The highest BCUT2D eigenvalue weighted by atomic mass is 16.4. The number of hydrogen-bond acceptors (Lipinski definition) is 2. The predicted octanol–water partition coefficient (Wildman–Crippen LogP) is 1.55. The maximum absolute atomic E-state index is 12.1. The van der Waals surface area contributed by atoms with Crippen molar-refractivity contribution < 1.29 is 14.7 Å². The number of amides is 1. The molecule has 1 aliphatic heterocycles.